The topological polar surface area (TPSA) is 115 Å². The lowest BCUT2D eigenvalue weighted by Gasteiger charge is -2.33. The van der Waals surface area contributed by atoms with E-state index in [4.69, 9.17) is 10.5 Å². The van der Waals surface area contributed by atoms with Gasteiger partial charge in [-0.15, -0.1) is 5.10 Å². The van der Waals surface area contributed by atoms with E-state index in [1.54, 1.807) is 0 Å². The van der Waals surface area contributed by atoms with E-state index in [-0.39, 0.29) is 30.9 Å². The smallest absolute Gasteiger partial charge is 0.248 e. The quantitative estimate of drug-likeness (QED) is 0.780. The van der Waals surface area contributed by atoms with Crippen LogP contribution in [0.2, 0.25) is 0 Å². The van der Waals surface area contributed by atoms with Gasteiger partial charge in [0.15, 0.2) is 0 Å². The Hall–Kier alpha value is -2.00. The lowest BCUT2D eigenvalue weighted by atomic mass is 9.79. The van der Waals surface area contributed by atoms with Crippen LogP contribution in [0, 0.1) is 5.41 Å². The first-order valence-corrected chi connectivity index (χ1v) is 9.39. The van der Waals surface area contributed by atoms with Gasteiger partial charge in [0, 0.05) is 32.8 Å². The molecule has 0 atom stereocenters. The van der Waals surface area contributed by atoms with Crippen LogP contribution in [0.25, 0.3) is 0 Å². The molecular weight excluding hydrogens is 336 g/mol. The van der Waals surface area contributed by atoms with Crippen molar-refractivity contribution in [3.05, 3.63) is 6.33 Å². The highest BCUT2D eigenvalue weighted by atomic mass is 16.5. The number of likely N-dealkylation sites (tertiary alicyclic amines) is 1. The lowest BCUT2D eigenvalue weighted by molar-refractivity contribution is -0.132. The van der Waals surface area contributed by atoms with Crippen LogP contribution in [-0.4, -0.2) is 64.3 Å². The highest BCUT2D eigenvalue weighted by Gasteiger charge is 2.39. The minimum absolute atomic E-state index is 0.0394. The average molecular weight is 364 g/mol. The number of nitrogens with two attached hydrogens (primary N) is 1. The fourth-order valence-corrected chi connectivity index (χ4v) is 3.51. The van der Waals surface area contributed by atoms with Gasteiger partial charge in [-0.1, -0.05) is 12.8 Å². The third kappa shape index (κ3) is 4.39. The van der Waals surface area contributed by atoms with E-state index in [1.807, 2.05) is 4.90 Å². The van der Waals surface area contributed by atoms with Crippen molar-refractivity contribution in [3.63, 3.8) is 0 Å². The SMILES string of the molecule is NCC1(C(=O)Nc2ncn(CC(=O)N3CCCCCC3)n2)CCOCC1. The molecular formula is C17H28N6O3. The number of nitrogens with zero attached hydrogens (tertiary/aromatic N) is 4. The van der Waals surface area contributed by atoms with Crippen molar-refractivity contribution in [3.8, 4) is 0 Å². The molecule has 2 fully saturated rings. The number of ether oxygens (including phenoxy) is 1. The van der Waals surface area contributed by atoms with E-state index in [9.17, 15) is 9.59 Å². The number of carbonyl (C=O) groups excluding carboxylic acids is 2. The highest BCUT2D eigenvalue weighted by Crippen LogP contribution is 2.30. The summed E-state index contributed by atoms with van der Waals surface area (Å²) in [5.74, 6) is 0.0652. The number of amides is 2. The van der Waals surface area contributed by atoms with Gasteiger partial charge in [0.2, 0.25) is 17.8 Å². The summed E-state index contributed by atoms with van der Waals surface area (Å²) < 4.78 is 6.80. The van der Waals surface area contributed by atoms with Crippen LogP contribution in [0.5, 0.6) is 0 Å². The summed E-state index contributed by atoms with van der Waals surface area (Å²) in [5.41, 5.74) is 5.21. The van der Waals surface area contributed by atoms with Gasteiger partial charge in [0.05, 0.1) is 5.41 Å². The number of rotatable bonds is 5. The first kappa shape index (κ1) is 18.8. The molecule has 2 aliphatic heterocycles. The van der Waals surface area contributed by atoms with Crippen LogP contribution in [0.15, 0.2) is 6.33 Å². The molecule has 0 saturated carbocycles. The number of hydrogen-bond acceptors (Lipinski definition) is 6. The monoisotopic (exact) mass is 364 g/mol. The molecule has 3 rings (SSSR count). The van der Waals surface area contributed by atoms with Crippen molar-refractivity contribution in [1.29, 1.82) is 0 Å². The number of carbonyl (C=O) groups is 2. The zero-order valence-corrected chi connectivity index (χ0v) is 15.2. The molecule has 0 spiro atoms. The van der Waals surface area contributed by atoms with Crippen molar-refractivity contribution in [2.45, 2.75) is 45.1 Å². The van der Waals surface area contributed by atoms with Crippen molar-refractivity contribution in [1.82, 2.24) is 19.7 Å². The maximum Gasteiger partial charge on any atom is 0.248 e. The van der Waals surface area contributed by atoms with Crippen LogP contribution in [0.4, 0.5) is 5.95 Å². The predicted molar refractivity (Wildman–Crippen MR) is 95.2 cm³/mol. The summed E-state index contributed by atoms with van der Waals surface area (Å²) in [6.07, 6.45) is 7.11. The van der Waals surface area contributed by atoms with E-state index in [0.29, 0.717) is 26.1 Å². The van der Waals surface area contributed by atoms with Crippen molar-refractivity contribution < 1.29 is 14.3 Å². The van der Waals surface area contributed by atoms with Crippen molar-refractivity contribution in [2.75, 3.05) is 38.2 Å². The Morgan fingerprint density at radius 1 is 1.19 bits per heavy atom. The van der Waals surface area contributed by atoms with Crippen LogP contribution in [0.1, 0.15) is 38.5 Å². The normalized spacial score (nSPS) is 20.4. The average Bonchev–Trinajstić information content (AvgIpc) is 2.92. The second kappa shape index (κ2) is 8.59. The lowest BCUT2D eigenvalue weighted by Crippen LogP contribution is -2.46. The summed E-state index contributed by atoms with van der Waals surface area (Å²) >= 11 is 0. The fourth-order valence-electron chi connectivity index (χ4n) is 3.51. The maximum atomic E-state index is 12.6. The molecule has 9 heteroatoms. The van der Waals surface area contributed by atoms with E-state index in [2.05, 4.69) is 15.4 Å². The van der Waals surface area contributed by atoms with E-state index in [1.165, 1.54) is 23.9 Å². The molecule has 144 valence electrons. The second-order valence-corrected chi connectivity index (χ2v) is 7.11. The molecule has 9 nitrogen and oxygen atoms in total. The van der Waals surface area contributed by atoms with Crippen LogP contribution >= 0.6 is 0 Å². The molecule has 0 bridgehead atoms. The van der Waals surface area contributed by atoms with Crippen LogP contribution in [0.3, 0.4) is 0 Å². The molecule has 2 aliphatic rings. The van der Waals surface area contributed by atoms with Gasteiger partial charge in [0.25, 0.3) is 0 Å². The zero-order chi connectivity index (χ0) is 18.4. The van der Waals surface area contributed by atoms with E-state index >= 15 is 0 Å². The van der Waals surface area contributed by atoms with Crippen LogP contribution < -0.4 is 11.1 Å². The predicted octanol–water partition coefficient (Wildman–Crippen LogP) is 0.375. The summed E-state index contributed by atoms with van der Waals surface area (Å²) in [5, 5.41) is 6.97. The molecule has 0 aromatic carbocycles. The number of aromatic nitrogens is 3. The molecule has 1 aromatic heterocycles. The van der Waals surface area contributed by atoms with Gasteiger partial charge in [-0.25, -0.2) is 9.67 Å². The Kier molecular flexibility index (Phi) is 6.20. The number of anilines is 1. The molecule has 0 unspecified atom stereocenters. The van der Waals surface area contributed by atoms with Gasteiger partial charge in [-0.05, 0) is 25.7 Å². The van der Waals surface area contributed by atoms with Crippen molar-refractivity contribution >= 4 is 17.8 Å². The Balaban J connectivity index is 1.57. The Bertz CT molecular complexity index is 618. The molecule has 0 radical (unpaired) electrons. The van der Waals surface area contributed by atoms with Gasteiger partial charge in [-0.3, -0.25) is 14.9 Å². The number of hydrogen-bond donors (Lipinski definition) is 2. The van der Waals surface area contributed by atoms with Gasteiger partial charge < -0.3 is 15.4 Å². The van der Waals surface area contributed by atoms with Crippen LogP contribution in [-0.2, 0) is 20.9 Å². The summed E-state index contributed by atoms with van der Waals surface area (Å²) in [6.45, 7) is 3.05. The standard InChI is InChI=1S/C17H28N6O3/c18-12-17(5-9-26-10-6-17)15(25)20-16-19-13-23(21-16)11-14(24)22-7-3-1-2-4-8-22/h13H,1-12,18H2,(H,20,21,25). The van der Waals surface area contributed by atoms with Gasteiger partial charge >= 0.3 is 0 Å². The highest BCUT2D eigenvalue weighted by molar-refractivity contribution is 5.94. The second-order valence-electron chi connectivity index (χ2n) is 7.11. The summed E-state index contributed by atoms with van der Waals surface area (Å²) in [6, 6.07) is 0. The van der Waals surface area contributed by atoms with E-state index < -0.39 is 5.41 Å². The summed E-state index contributed by atoms with van der Waals surface area (Å²) in [7, 11) is 0. The zero-order valence-electron chi connectivity index (χ0n) is 15.2. The molecule has 2 saturated heterocycles. The third-order valence-corrected chi connectivity index (χ3v) is 5.34. The first-order chi connectivity index (χ1) is 12.6. The van der Waals surface area contributed by atoms with Gasteiger partial charge in [-0.2, -0.15) is 0 Å². The largest absolute Gasteiger partial charge is 0.381 e. The fraction of sp³-hybridized carbons (Fsp3) is 0.765. The van der Waals surface area contributed by atoms with Crippen molar-refractivity contribution in [2.24, 2.45) is 11.1 Å². The minimum atomic E-state index is -0.633. The first-order valence-electron chi connectivity index (χ1n) is 9.39. The molecule has 2 amide bonds. The number of nitrogens with one attached hydrogen (secondary N) is 1. The molecule has 1 aromatic rings. The molecule has 3 N–H and O–H groups in total. The molecule has 26 heavy (non-hydrogen) atoms. The molecule has 0 aliphatic carbocycles. The Morgan fingerprint density at radius 2 is 1.88 bits per heavy atom. The van der Waals surface area contributed by atoms with E-state index in [0.717, 1.165) is 25.9 Å². The Morgan fingerprint density at radius 3 is 2.54 bits per heavy atom. The Labute approximate surface area is 153 Å². The summed E-state index contributed by atoms with van der Waals surface area (Å²) in [4.78, 5) is 31.0. The maximum absolute atomic E-state index is 12.6. The third-order valence-electron chi connectivity index (χ3n) is 5.34. The van der Waals surface area contributed by atoms with Gasteiger partial charge in [0.1, 0.15) is 12.9 Å². The minimum Gasteiger partial charge on any atom is -0.381 e. The molecule has 3 heterocycles.